The molecule has 0 atom stereocenters. The van der Waals surface area contributed by atoms with Crippen molar-refractivity contribution in [3.63, 3.8) is 0 Å². The van der Waals surface area contributed by atoms with Crippen LogP contribution in [0.2, 0.25) is 0 Å². The number of nitrogens with zero attached hydrogens (tertiary/aromatic N) is 1. The van der Waals surface area contributed by atoms with E-state index in [-0.39, 0.29) is 5.97 Å². The van der Waals surface area contributed by atoms with E-state index in [4.69, 9.17) is 10.5 Å². The van der Waals surface area contributed by atoms with E-state index in [9.17, 15) is 4.79 Å². The number of rotatable bonds is 4. The number of carbonyl (C=O) groups is 1. The average molecular weight is 258 g/mol. The average Bonchev–Trinajstić information content (AvgIpc) is 2.77. The fourth-order valence-electron chi connectivity index (χ4n) is 2.16. The van der Waals surface area contributed by atoms with Crippen LogP contribution in [-0.4, -0.2) is 17.0 Å². The fourth-order valence-corrected chi connectivity index (χ4v) is 2.16. The van der Waals surface area contributed by atoms with Crippen molar-refractivity contribution < 1.29 is 9.53 Å². The summed E-state index contributed by atoms with van der Waals surface area (Å²) in [6, 6.07) is 3.91. The Kier molecular flexibility index (Phi) is 3.71. The molecule has 0 saturated heterocycles. The highest BCUT2D eigenvalue weighted by molar-refractivity contribution is 5.99. The minimum Gasteiger partial charge on any atom is -0.462 e. The highest BCUT2D eigenvalue weighted by Gasteiger charge is 2.18. The van der Waals surface area contributed by atoms with Crippen LogP contribution in [0.1, 0.15) is 35.3 Å². The van der Waals surface area contributed by atoms with Crippen molar-refractivity contribution in [2.75, 3.05) is 6.61 Å². The Morgan fingerprint density at radius 3 is 2.74 bits per heavy atom. The standard InChI is InChI=1S/C15H18N2O2/c1-4-19-15(18)12-9-17-8-11(7-16)5-6-13(17)14(12)10(2)3/h5-6,8-9H,2,4,7,16H2,1,3H3. The van der Waals surface area contributed by atoms with E-state index in [2.05, 4.69) is 6.58 Å². The summed E-state index contributed by atoms with van der Waals surface area (Å²) in [6.07, 6.45) is 3.70. The van der Waals surface area contributed by atoms with Gasteiger partial charge in [-0.3, -0.25) is 0 Å². The highest BCUT2D eigenvalue weighted by atomic mass is 16.5. The summed E-state index contributed by atoms with van der Waals surface area (Å²) in [4.78, 5) is 12.0. The Morgan fingerprint density at radius 1 is 1.42 bits per heavy atom. The summed E-state index contributed by atoms with van der Waals surface area (Å²) in [5.41, 5.74) is 9.79. The summed E-state index contributed by atoms with van der Waals surface area (Å²) < 4.78 is 6.99. The normalized spacial score (nSPS) is 10.7. The molecule has 0 aliphatic rings. The Morgan fingerprint density at radius 2 is 2.16 bits per heavy atom. The Bertz CT molecular complexity index is 641. The molecule has 4 heteroatoms. The van der Waals surface area contributed by atoms with E-state index in [1.807, 2.05) is 29.7 Å². The van der Waals surface area contributed by atoms with E-state index < -0.39 is 0 Å². The SMILES string of the molecule is C=C(C)c1c(C(=O)OCC)cn2cc(CN)ccc12. The first-order valence-corrected chi connectivity index (χ1v) is 6.25. The number of esters is 1. The van der Waals surface area contributed by atoms with Crippen LogP contribution < -0.4 is 5.73 Å². The molecule has 0 spiro atoms. The molecule has 0 radical (unpaired) electrons. The summed E-state index contributed by atoms with van der Waals surface area (Å²) in [5, 5.41) is 0. The molecular formula is C15H18N2O2. The molecule has 2 aromatic heterocycles. The zero-order valence-corrected chi connectivity index (χ0v) is 11.3. The van der Waals surface area contributed by atoms with Crippen LogP contribution in [0.25, 0.3) is 11.1 Å². The van der Waals surface area contributed by atoms with Gasteiger partial charge in [-0.05, 0) is 31.1 Å². The predicted octanol–water partition coefficient (Wildman–Crippen LogP) is 2.61. The summed E-state index contributed by atoms with van der Waals surface area (Å²) in [6.45, 7) is 8.44. The molecule has 100 valence electrons. The second-order valence-electron chi connectivity index (χ2n) is 4.45. The van der Waals surface area contributed by atoms with Gasteiger partial charge in [0.15, 0.2) is 0 Å². The number of pyridine rings is 1. The Balaban J connectivity index is 2.65. The molecule has 19 heavy (non-hydrogen) atoms. The largest absolute Gasteiger partial charge is 0.462 e. The van der Waals surface area contributed by atoms with Gasteiger partial charge < -0.3 is 14.9 Å². The summed E-state index contributed by atoms with van der Waals surface area (Å²) in [5.74, 6) is -0.321. The van der Waals surface area contributed by atoms with Crippen molar-refractivity contribution in [3.05, 3.63) is 47.8 Å². The first-order valence-electron chi connectivity index (χ1n) is 6.25. The Labute approximate surface area is 112 Å². The number of hydrogen-bond acceptors (Lipinski definition) is 3. The Hall–Kier alpha value is -2.07. The third-order valence-corrected chi connectivity index (χ3v) is 2.99. The molecule has 0 aromatic carbocycles. The third-order valence-electron chi connectivity index (χ3n) is 2.99. The van der Waals surface area contributed by atoms with Crippen LogP contribution in [0.4, 0.5) is 0 Å². The second-order valence-corrected chi connectivity index (χ2v) is 4.45. The van der Waals surface area contributed by atoms with Gasteiger partial charge in [0.2, 0.25) is 0 Å². The van der Waals surface area contributed by atoms with Crippen molar-refractivity contribution in [2.24, 2.45) is 5.73 Å². The molecule has 0 aliphatic heterocycles. The van der Waals surface area contributed by atoms with Crippen LogP contribution in [0, 0.1) is 0 Å². The number of ether oxygens (including phenoxy) is 1. The minimum atomic E-state index is -0.321. The van der Waals surface area contributed by atoms with Crippen LogP contribution in [0.3, 0.4) is 0 Å². The fraction of sp³-hybridized carbons (Fsp3) is 0.267. The number of aromatic nitrogens is 1. The second kappa shape index (κ2) is 5.28. The first kappa shape index (κ1) is 13.4. The van der Waals surface area contributed by atoms with Gasteiger partial charge >= 0.3 is 5.97 Å². The predicted molar refractivity (Wildman–Crippen MR) is 76.0 cm³/mol. The number of fused-ring (bicyclic) bond motifs is 1. The van der Waals surface area contributed by atoms with Gasteiger partial charge in [-0.15, -0.1) is 0 Å². The van der Waals surface area contributed by atoms with E-state index in [0.29, 0.717) is 18.7 Å². The first-order chi connectivity index (χ1) is 9.08. The molecule has 0 amide bonds. The molecule has 2 heterocycles. The van der Waals surface area contributed by atoms with Crippen LogP contribution >= 0.6 is 0 Å². The van der Waals surface area contributed by atoms with E-state index in [1.54, 1.807) is 13.1 Å². The topological polar surface area (TPSA) is 56.7 Å². The van der Waals surface area contributed by atoms with Gasteiger partial charge in [0.1, 0.15) is 0 Å². The van der Waals surface area contributed by atoms with Crippen molar-refractivity contribution in [2.45, 2.75) is 20.4 Å². The lowest BCUT2D eigenvalue weighted by Gasteiger charge is -2.04. The lowest BCUT2D eigenvalue weighted by Crippen LogP contribution is -2.05. The van der Waals surface area contributed by atoms with Crippen molar-refractivity contribution in [1.29, 1.82) is 0 Å². The highest BCUT2D eigenvalue weighted by Crippen LogP contribution is 2.26. The maximum absolute atomic E-state index is 12.0. The van der Waals surface area contributed by atoms with E-state index >= 15 is 0 Å². The molecule has 0 bridgehead atoms. The maximum atomic E-state index is 12.0. The van der Waals surface area contributed by atoms with Crippen molar-refractivity contribution in [1.82, 2.24) is 4.40 Å². The molecule has 0 saturated carbocycles. The van der Waals surface area contributed by atoms with Crippen molar-refractivity contribution >= 4 is 17.1 Å². The molecule has 0 fully saturated rings. The van der Waals surface area contributed by atoms with Gasteiger partial charge in [-0.25, -0.2) is 4.79 Å². The number of carbonyl (C=O) groups excluding carboxylic acids is 1. The van der Waals surface area contributed by atoms with E-state index in [0.717, 1.165) is 22.2 Å². The minimum absolute atomic E-state index is 0.321. The molecule has 4 nitrogen and oxygen atoms in total. The number of nitrogens with two attached hydrogens (primary N) is 1. The van der Waals surface area contributed by atoms with Gasteiger partial charge in [0, 0.05) is 24.5 Å². The smallest absolute Gasteiger partial charge is 0.340 e. The van der Waals surface area contributed by atoms with Gasteiger partial charge in [-0.1, -0.05) is 12.6 Å². The van der Waals surface area contributed by atoms with Crippen LogP contribution in [0.5, 0.6) is 0 Å². The van der Waals surface area contributed by atoms with Gasteiger partial charge in [0.25, 0.3) is 0 Å². The zero-order valence-electron chi connectivity index (χ0n) is 11.3. The summed E-state index contributed by atoms with van der Waals surface area (Å²) >= 11 is 0. The molecule has 2 rings (SSSR count). The number of hydrogen-bond donors (Lipinski definition) is 1. The molecule has 2 aromatic rings. The van der Waals surface area contributed by atoms with Crippen molar-refractivity contribution in [3.8, 4) is 0 Å². The summed E-state index contributed by atoms with van der Waals surface area (Å²) in [7, 11) is 0. The number of allylic oxidation sites excluding steroid dienone is 1. The quantitative estimate of drug-likeness (QED) is 0.858. The maximum Gasteiger partial charge on any atom is 0.340 e. The van der Waals surface area contributed by atoms with E-state index in [1.165, 1.54) is 0 Å². The lowest BCUT2D eigenvalue weighted by atomic mass is 10.1. The molecule has 2 N–H and O–H groups in total. The third kappa shape index (κ3) is 2.39. The van der Waals surface area contributed by atoms with Gasteiger partial charge in [0.05, 0.1) is 17.7 Å². The molecule has 0 unspecified atom stereocenters. The lowest BCUT2D eigenvalue weighted by molar-refractivity contribution is 0.0526. The van der Waals surface area contributed by atoms with Crippen LogP contribution in [0.15, 0.2) is 31.1 Å². The van der Waals surface area contributed by atoms with Gasteiger partial charge in [-0.2, -0.15) is 0 Å². The zero-order chi connectivity index (χ0) is 14.0. The van der Waals surface area contributed by atoms with Crippen LogP contribution in [-0.2, 0) is 11.3 Å². The monoisotopic (exact) mass is 258 g/mol. The molecule has 0 aliphatic carbocycles. The molecular weight excluding hydrogens is 240 g/mol.